The van der Waals surface area contributed by atoms with E-state index in [1.165, 1.54) is 12.1 Å². The van der Waals surface area contributed by atoms with Gasteiger partial charge < -0.3 is 20.1 Å². The Bertz CT molecular complexity index is 1340. The van der Waals surface area contributed by atoms with Crippen LogP contribution in [0.15, 0.2) is 41.2 Å². The standard InChI is InChI=1S/C22H21FN6O3/c1-21(30)18-14(3-2-10-25-18)22(31-21)8-6-13(7-9-22)29-16-5-4-12(23)11-15(16)26-20(29)17-19(24)28-32-27-17/h2-5,10-11,13,30H,6-9H2,1H3,(H2,24,28). The van der Waals surface area contributed by atoms with Crippen LogP contribution in [0.5, 0.6) is 0 Å². The minimum absolute atomic E-state index is 0.0384. The van der Waals surface area contributed by atoms with Crippen molar-refractivity contribution < 1.29 is 18.9 Å². The number of ether oxygens (including phenoxy) is 1. The second-order valence-corrected chi connectivity index (χ2v) is 8.65. The lowest BCUT2D eigenvalue weighted by molar-refractivity contribution is -0.258. The van der Waals surface area contributed by atoms with Crippen LogP contribution in [-0.4, -0.2) is 30.0 Å². The Balaban J connectivity index is 1.40. The van der Waals surface area contributed by atoms with Crippen molar-refractivity contribution in [2.45, 2.75) is 50.0 Å². The quantitative estimate of drug-likeness (QED) is 0.490. The van der Waals surface area contributed by atoms with Gasteiger partial charge in [0.25, 0.3) is 0 Å². The Morgan fingerprint density at radius 2 is 2.03 bits per heavy atom. The molecule has 0 bridgehead atoms. The topological polar surface area (TPSA) is 125 Å². The number of aromatic nitrogens is 5. The maximum absolute atomic E-state index is 13.9. The highest BCUT2D eigenvalue weighted by molar-refractivity contribution is 5.82. The number of imidazole rings is 1. The first-order valence-corrected chi connectivity index (χ1v) is 10.5. The van der Waals surface area contributed by atoms with Crippen LogP contribution in [0.3, 0.4) is 0 Å². The predicted molar refractivity (Wildman–Crippen MR) is 111 cm³/mol. The third-order valence-corrected chi connectivity index (χ3v) is 6.64. The van der Waals surface area contributed by atoms with E-state index >= 15 is 0 Å². The third kappa shape index (κ3) is 2.69. The molecule has 6 rings (SSSR count). The molecule has 3 aromatic heterocycles. The number of pyridine rings is 1. The van der Waals surface area contributed by atoms with Gasteiger partial charge in [0.2, 0.25) is 5.79 Å². The maximum atomic E-state index is 13.9. The molecule has 4 heterocycles. The molecule has 32 heavy (non-hydrogen) atoms. The molecule has 1 spiro atoms. The number of nitrogens with zero attached hydrogens (tertiary/aromatic N) is 5. The summed E-state index contributed by atoms with van der Waals surface area (Å²) < 4.78 is 26.9. The van der Waals surface area contributed by atoms with Gasteiger partial charge in [-0.1, -0.05) is 6.07 Å². The van der Waals surface area contributed by atoms with Crippen molar-refractivity contribution in [2.75, 3.05) is 5.73 Å². The summed E-state index contributed by atoms with van der Waals surface area (Å²) in [5.74, 6) is -1.17. The highest BCUT2D eigenvalue weighted by Crippen LogP contribution is 2.54. The van der Waals surface area contributed by atoms with Gasteiger partial charge >= 0.3 is 0 Å². The summed E-state index contributed by atoms with van der Waals surface area (Å²) in [7, 11) is 0. The first-order chi connectivity index (χ1) is 15.4. The average Bonchev–Trinajstić information content (AvgIpc) is 3.42. The van der Waals surface area contributed by atoms with Gasteiger partial charge in [-0.05, 0) is 61.1 Å². The summed E-state index contributed by atoms with van der Waals surface area (Å²) in [5, 5.41) is 18.4. The van der Waals surface area contributed by atoms with Crippen molar-refractivity contribution in [3.8, 4) is 11.5 Å². The van der Waals surface area contributed by atoms with E-state index in [0.717, 1.165) is 23.9 Å². The molecule has 0 amide bonds. The molecule has 0 saturated heterocycles. The molecule has 1 aromatic carbocycles. The fourth-order valence-corrected chi connectivity index (χ4v) is 5.28. The average molecular weight is 436 g/mol. The minimum Gasteiger partial charge on any atom is -0.379 e. The van der Waals surface area contributed by atoms with Crippen molar-refractivity contribution >= 4 is 16.9 Å². The van der Waals surface area contributed by atoms with Crippen molar-refractivity contribution in [3.63, 3.8) is 0 Å². The largest absolute Gasteiger partial charge is 0.379 e. The molecule has 1 fully saturated rings. The van der Waals surface area contributed by atoms with Gasteiger partial charge in [-0.3, -0.25) is 4.98 Å². The van der Waals surface area contributed by atoms with Crippen molar-refractivity contribution in [1.29, 1.82) is 0 Å². The summed E-state index contributed by atoms with van der Waals surface area (Å²) in [6, 6.07) is 8.41. The van der Waals surface area contributed by atoms with E-state index < -0.39 is 11.4 Å². The van der Waals surface area contributed by atoms with Crippen LogP contribution in [0.25, 0.3) is 22.6 Å². The van der Waals surface area contributed by atoms with Crippen LogP contribution in [-0.2, 0) is 16.1 Å². The van der Waals surface area contributed by atoms with Gasteiger partial charge in [0.1, 0.15) is 11.5 Å². The smallest absolute Gasteiger partial charge is 0.208 e. The molecular weight excluding hydrogens is 415 g/mol. The molecule has 9 nitrogen and oxygen atoms in total. The number of aliphatic hydroxyl groups is 1. The SMILES string of the molecule is CC1(O)OC2(CCC(n3c(-c4nonc4N)nc4cc(F)ccc43)CC2)c2cccnc21. The number of hydrogen-bond donors (Lipinski definition) is 2. The van der Waals surface area contributed by atoms with Gasteiger partial charge in [-0.2, -0.15) is 0 Å². The number of hydrogen-bond acceptors (Lipinski definition) is 8. The monoisotopic (exact) mass is 436 g/mol. The Hall–Kier alpha value is -3.37. The fraction of sp³-hybridized carbons (Fsp3) is 0.364. The van der Waals surface area contributed by atoms with Gasteiger partial charge in [-0.25, -0.2) is 14.0 Å². The summed E-state index contributed by atoms with van der Waals surface area (Å²) in [6.07, 6.45) is 4.51. The summed E-state index contributed by atoms with van der Waals surface area (Å²) in [6.45, 7) is 1.63. The van der Waals surface area contributed by atoms with Gasteiger partial charge in [-0.15, -0.1) is 0 Å². The van der Waals surface area contributed by atoms with Gasteiger partial charge in [0.05, 0.1) is 16.6 Å². The zero-order chi connectivity index (χ0) is 22.1. The Kier molecular flexibility index (Phi) is 3.96. The first-order valence-electron chi connectivity index (χ1n) is 10.5. The second-order valence-electron chi connectivity index (χ2n) is 8.65. The van der Waals surface area contributed by atoms with E-state index in [0.29, 0.717) is 35.6 Å². The van der Waals surface area contributed by atoms with Gasteiger partial charge in [0.15, 0.2) is 17.3 Å². The maximum Gasteiger partial charge on any atom is 0.208 e. The molecule has 3 N–H and O–H groups in total. The highest BCUT2D eigenvalue weighted by Gasteiger charge is 2.53. The van der Waals surface area contributed by atoms with Crippen LogP contribution in [0.4, 0.5) is 10.2 Å². The summed E-state index contributed by atoms with van der Waals surface area (Å²) in [5.41, 5.74) is 8.49. The molecule has 1 aliphatic carbocycles. The molecular formula is C22H21FN6O3. The number of benzene rings is 1. The van der Waals surface area contributed by atoms with Crippen molar-refractivity contribution in [2.24, 2.45) is 0 Å². The van der Waals surface area contributed by atoms with Crippen LogP contribution < -0.4 is 5.73 Å². The number of anilines is 1. The van der Waals surface area contributed by atoms with Crippen LogP contribution in [0.1, 0.15) is 49.9 Å². The molecule has 4 aromatic rings. The normalized spacial score (nSPS) is 27.3. The van der Waals surface area contributed by atoms with E-state index in [1.807, 2.05) is 16.7 Å². The summed E-state index contributed by atoms with van der Waals surface area (Å²) >= 11 is 0. The highest BCUT2D eigenvalue weighted by atomic mass is 19.1. The molecule has 1 saturated carbocycles. The van der Waals surface area contributed by atoms with Crippen LogP contribution >= 0.6 is 0 Å². The lowest BCUT2D eigenvalue weighted by atomic mass is 9.78. The molecule has 164 valence electrons. The molecule has 0 radical (unpaired) electrons. The molecule has 1 atom stereocenters. The molecule has 2 aliphatic rings. The Labute approximate surface area is 182 Å². The van der Waals surface area contributed by atoms with E-state index in [9.17, 15) is 9.50 Å². The number of nitrogen functional groups attached to an aromatic ring is 1. The van der Waals surface area contributed by atoms with Crippen LogP contribution in [0, 0.1) is 5.82 Å². The summed E-state index contributed by atoms with van der Waals surface area (Å²) in [4.78, 5) is 8.97. The minimum atomic E-state index is -1.42. The fourth-order valence-electron chi connectivity index (χ4n) is 5.28. The van der Waals surface area contributed by atoms with E-state index in [1.54, 1.807) is 19.2 Å². The Morgan fingerprint density at radius 3 is 2.78 bits per heavy atom. The third-order valence-electron chi connectivity index (χ3n) is 6.64. The predicted octanol–water partition coefficient (Wildman–Crippen LogP) is 3.41. The number of fused-ring (bicyclic) bond motifs is 3. The number of nitrogens with two attached hydrogens (primary N) is 1. The number of halogens is 1. The molecule has 1 unspecified atom stereocenters. The van der Waals surface area contributed by atoms with E-state index in [-0.39, 0.29) is 17.7 Å². The Morgan fingerprint density at radius 1 is 1.22 bits per heavy atom. The lowest BCUT2D eigenvalue weighted by Gasteiger charge is -2.39. The zero-order valence-corrected chi connectivity index (χ0v) is 17.3. The zero-order valence-electron chi connectivity index (χ0n) is 17.3. The molecule has 10 heteroatoms. The van der Waals surface area contributed by atoms with Crippen molar-refractivity contribution in [3.05, 3.63) is 53.6 Å². The van der Waals surface area contributed by atoms with Crippen LogP contribution in [0.2, 0.25) is 0 Å². The number of rotatable bonds is 2. The molecule has 1 aliphatic heterocycles. The van der Waals surface area contributed by atoms with Gasteiger partial charge in [0, 0.05) is 23.9 Å². The lowest BCUT2D eigenvalue weighted by Crippen LogP contribution is -2.35. The van der Waals surface area contributed by atoms with E-state index in [4.69, 9.17) is 15.1 Å². The van der Waals surface area contributed by atoms with Crippen molar-refractivity contribution in [1.82, 2.24) is 24.8 Å². The van der Waals surface area contributed by atoms with E-state index in [2.05, 4.69) is 20.3 Å². The second kappa shape index (κ2) is 6.57. The first kappa shape index (κ1) is 19.3.